The molecule has 1 aromatic carbocycles. The molecule has 0 radical (unpaired) electrons. The number of hydrogen-bond donors (Lipinski definition) is 1. The smallest absolute Gasteiger partial charge is 0.417 e. The Hall–Kier alpha value is -3.32. The lowest BCUT2D eigenvalue weighted by Crippen LogP contribution is -2.44. The molecule has 2 fully saturated rings. The normalized spacial score (nSPS) is 24.0. The summed E-state index contributed by atoms with van der Waals surface area (Å²) in [5.74, 6) is -1.92. The minimum absolute atomic E-state index is 0.0426. The SMILES string of the molecule is [N-]=[N+]=N/C=C1\C(=O)NC[C@H]1C(=O)N1C(=O)OC[C@H]1Cc1ccccc1. The maximum Gasteiger partial charge on any atom is 0.417 e. The Labute approximate surface area is 142 Å². The van der Waals surface area contributed by atoms with Crippen molar-refractivity contribution in [2.75, 3.05) is 13.2 Å². The molecule has 0 unspecified atom stereocenters. The fraction of sp³-hybridized carbons (Fsp3) is 0.312. The summed E-state index contributed by atoms with van der Waals surface area (Å²) in [5.41, 5.74) is 9.42. The van der Waals surface area contributed by atoms with E-state index in [2.05, 4.69) is 15.3 Å². The molecule has 0 bridgehead atoms. The van der Waals surface area contributed by atoms with Gasteiger partial charge >= 0.3 is 6.09 Å². The van der Waals surface area contributed by atoms with Crippen molar-refractivity contribution in [2.24, 2.45) is 11.0 Å². The van der Waals surface area contributed by atoms with E-state index in [0.717, 1.165) is 16.7 Å². The molecule has 3 rings (SSSR count). The van der Waals surface area contributed by atoms with Gasteiger partial charge in [0.05, 0.1) is 12.0 Å². The topological polar surface area (TPSA) is 124 Å². The molecule has 9 nitrogen and oxygen atoms in total. The maximum atomic E-state index is 12.8. The van der Waals surface area contributed by atoms with Crippen LogP contribution in [-0.4, -0.2) is 42.0 Å². The Morgan fingerprint density at radius 3 is 2.88 bits per heavy atom. The average Bonchev–Trinajstić information content (AvgIpc) is 3.16. The number of azide groups is 1. The van der Waals surface area contributed by atoms with E-state index in [4.69, 9.17) is 10.3 Å². The molecule has 9 heteroatoms. The van der Waals surface area contributed by atoms with Gasteiger partial charge in [-0.25, -0.2) is 9.69 Å². The number of amides is 3. The Morgan fingerprint density at radius 1 is 1.40 bits per heavy atom. The molecule has 0 aromatic heterocycles. The van der Waals surface area contributed by atoms with Crippen LogP contribution in [0, 0.1) is 5.92 Å². The molecular formula is C16H15N5O4. The Kier molecular flexibility index (Phi) is 4.67. The van der Waals surface area contributed by atoms with E-state index in [-0.39, 0.29) is 18.7 Å². The summed E-state index contributed by atoms with van der Waals surface area (Å²) in [4.78, 5) is 40.3. The van der Waals surface area contributed by atoms with Crippen LogP contribution in [0.4, 0.5) is 4.79 Å². The van der Waals surface area contributed by atoms with Crippen LogP contribution in [0.1, 0.15) is 5.56 Å². The molecule has 2 heterocycles. The molecule has 3 amide bonds. The average molecular weight is 341 g/mol. The summed E-state index contributed by atoms with van der Waals surface area (Å²) in [6, 6.07) is 8.99. The zero-order valence-electron chi connectivity index (χ0n) is 13.2. The minimum atomic E-state index is -0.887. The van der Waals surface area contributed by atoms with Crippen molar-refractivity contribution in [3.8, 4) is 0 Å². The van der Waals surface area contributed by atoms with Crippen LogP contribution in [0.5, 0.6) is 0 Å². The van der Waals surface area contributed by atoms with Gasteiger partial charge in [0.2, 0.25) is 11.8 Å². The molecule has 1 aromatic rings. The first-order valence-electron chi connectivity index (χ1n) is 7.68. The number of cyclic esters (lactones) is 1. The first-order valence-corrected chi connectivity index (χ1v) is 7.68. The second kappa shape index (κ2) is 7.06. The molecule has 0 aliphatic carbocycles. The van der Waals surface area contributed by atoms with E-state index >= 15 is 0 Å². The van der Waals surface area contributed by atoms with Gasteiger partial charge in [0.1, 0.15) is 6.61 Å². The van der Waals surface area contributed by atoms with Gasteiger partial charge < -0.3 is 10.1 Å². The highest BCUT2D eigenvalue weighted by Gasteiger charge is 2.44. The molecule has 2 aliphatic rings. The molecule has 128 valence electrons. The summed E-state index contributed by atoms with van der Waals surface area (Å²) < 4.78 is 5.03. The lowest BCUT2D eigenvalue weighted by molar-refractivity contribution is -0.132. The third kappa shape index (κ3) is 3.31. The minimum Gasteiger partial charge on any atom is -0.447 e. The number of carbonyl (C=O) groups is 3. The first kappa shape index (κ1) is 16.5. The predicted octanol–water partition coefficient (Wildman–Crippen LogP) is 1.52. The fourth-order valence-corrected chi connectivity index (χ4v) is 2.96. The summed E-state index contributed by atoms with van der Waals surface area (Å²) in [6.07, 6.45) is 0.744. The highest BCUT2D eigenvalue weighted by atomic mass is 16.6. The van der Waals surface area contributed by atoms with Crippen molar-refractivity contribution in [3.63, 3.8) is 0 Å². The van der Waals surface area contributed by atoms with E-state index in [9.17, 15) is 14.4 Å². The zero-order chi connectivity index (χ0) is 17.8. The summed E-state index contributed by atoms with van der Waals surface area (Å²) in [6.45, 7) is 0.148. The van der Waals surface area contributed by atoms with Gasteiger partial charge in [-0.1, -0.05) is 35.4 Å². The quantitative estimate of drug-likeness (QED) is 0.386. The largest absolute Gasteiger partial charge is 0.447 e. The van der Waals surface area contributed by atoms with Gasteiger partial charge in [0.15, 0.2) is 0 Å². The van der Waals surface area contributed by atoms with Crippen LogP contribution in [-0.2, 0) is 20.7 Å². The molecular weight excluding hydrogens is 326 g/mol. The number of benzene rings is 1. The number of nitrogens with zero attached hydrogens (tertiary/aromatic N) is 4. The Bertz CT molecular complexity index is 785. The van der Waals surface area contributed by atoms with Crippen LogP contribution in [0.2, 0.25) is 0 Å². The summed E-state index contributed by atoms with van der Waals surface area (Å²) in [7, 11) is 0. The van der Waals surface area contributed by atoms with Gasteiger partial charge in [-0.2, -0.15) is 0 Å². The second-order valence-electron chi connectivity index (χ2n) is 5.68. The molecule has 1 N–H and O–H groups in total. The highest BCUT2D eigenvalue weighted by Crippen LogP contribution is 2.25. The van der Waals surface area contributed by atoms with Crippen LogP contribution < -0.4 is 5.32 Å². The highest BCUT2D eigenvalue weighted by molar-refractivity contribution is 6.06. The van der Waals surface area contributed by atoms with Crippen molar-refractivity contribution in [3.05, 3.63) is 58.1 Å². The number of hydrogen-bond acceptors (Lipinski definition) is 5. The molecule has 2 aliphatic heterocycles. The molecule has 0 spiro atoms. The predicted molar refractivity (Wildman–Crippen MR) is 85.9 cm³/mol. The number of ether oxygens (including phenoxy) is 1. The second-order valence-corrected chi connectivity index (χ2v) is 5.68. The fourth-order valence-electron chi connectivity index (χ4n) is 2.96. The summed E-state index contributed by atoms with van der Waals surface area (Å²) >= 11 is 0. The van der Waals surface area contributed by atoms with Crippen molar-refractivity contribution in [2.45, 2.75) is 12.5 Å². The first-order chi connectivity index (χ1) is 12.1. The monoisotopic (exact) mass is 341 g/mol. The molecule has 2 atom stereocenters. The molecule has 2 saturated heterocycles. The molecule has 0 saturated carbocycles. The standard InChI is InChI=1S/C16H15N5O4/c17-20-19-8-12-13(7-18-14(12)22)15(23)21-11(9-25-16(21)24)6-10-4-2-1-3-5-10/h1-5,8,11,13H,6-7,9H2,(H,18,22)/b12-8-/t11-,13-/m1/s1. The molecule has 25 heavy (non-hydrogen) atoms. The van der Waals surface area contributed by atoms with E-state index < -0.39 is 29.9 Å². The van der Waals surface area contributed by atoms with Crippen LogP contribution in [0.15, 0.2) is 47.2 Å². The lowest BCUT2D eigenvalue weighted by Gasteiger charge is -2.22. The number of rotatable bonds is 4. The van der Waals surface area contributed by atoms with Gasteiger partial charge in [-0.15, -0.1) is 0 Å². The maximum absolute atomic E-state index is 12.8. The van der Waals surface area contributed by atoms with E-state index in [1.807, 2.05) is 30.3 Å². The van der Waals surface area contributed by atoms with Crippen LogP contribution >= 0.6 is 0 Å². The number of imide groups is 1. The Morgan fingerprint density at radius 2 is 2.16 bits per heavy atom. The number of nitrogens with one attached hydrogen (secondary N) is 1. The van der Waals surface area contributed by atoms with Crippen molar-refractivity contribution in [1.82, 2.24) is 10.2 Å². The van der Waals surface area contributed by atoms with Crippen molar-refractivity contribution < 1.29 is 19.1 Å². The van der Waals surface area contributed by atoms with E-state index in [1.165, 1.54) is 0 Å². The van der Waals surface area contributed by atoms with Gasteiger partial charge in [0.25, 0.3) is 0 Å². The zero-order valence-corrected chi connectivity index (χ0v) is 13.2. The third-order valence-electron chi connectivity index (χ3n) is 4.16. The van der Waals surface area contributed by atoms with Gasteiger partial charge in [-0.05, 0) is 17.5 Å². The van der Waals surface area contributed by atoms with Gasteiger partial charge in [0, 0.05) is 23.2 Å². The van der Waals surface area contributed by atoms with Crippen LogP contribution in [0.25, 0.3) is 10.4 Å². The lowest BCUT2D eigenvalue weighted by atomic mass is 9.99. The third-order valence-corrected chi connectivity index (χ3v) is 4.16. The van der Waals surface area contributed by atoms with Crippen molar-refractivity contribution >= 4 is 17.9 Å². The summed E-state index contributed by atoms with van der Waals surface area (Å²) in [5, 5.41) is 5.76. The van der Waals surface area contributed by atoms with E-state index in [1.54, 1.807) is 0 Å². The Balaban J connectivity index is 1.82. The van der Waals surface area contributed by atoms with Gasteiger partial charge in [-0.3, -0.25) is 9.59 Å². The number of carbonyl (C=O) groups excluding carboxylic acids is 3. The van der Waals surface area contributed by atoms with Crippen molar-refractivity contribution in [1.29, 1.82) is 0 Å². The van der Waals surface area contributed by atoms with E-state index in [0.29, 0.717) is 6.42 Å². The van der Waals surface area contributed by atoms with Crippen LogP contribution in [0.3, 0.4) is 0 Å².